The lowest BCUT2D eigenvalue weighted by Gasteiger charge is -2.25. The summed E-state index contributed by atoms with van der Waals surface area (Å²) in [6.07, 6.45) is 6.30. The zero-order valence-corrected chi connectivity index (χ0v) is 11.5. The van der Waals surface area contributed by atoms with Crippen LogP contribution in [0.2, 0.25) is 0 Å². The zero-order valence-electron chi connectivity index (χ0n) is 11.5. The molecule has 2 N–H and O–H groups in total. The van der Waals surface area contributed by atoms with Gasteiger partial charge in [-0.25, -0.2) is 0 Å². The van der Waals surface area contributed by atoms with Crippen LogP contribution in [-0.2, 0) is 4.79 Å². The van der Waals surface area contributed by atoms with E-state index in [4.69, 9.17) is 5.11 Å². The molecule has 1 aliphatic carbocycles. The molecule has 4 heteroatoms. The fourth-order valence-electron chi connectivity index (χ4n) is 3.19. The van der Waals surface area contributed by atoms with Gasteiger partial charge in [-0.15, -0.1) is 0 Å². The molecule has 0 aromatic carbocycles. The predicted octanol–water partition coefficient (Wildman–Crippen LogP) is 0.997. The number of carbonyl (C=O) groups excluding carboxylic acids is 1. The molecule has 2 fully saturated rings. The van der Waals surface area contributed by atoms with E-state index in [-0.39, 0.29) is 6.61 Å². The van der Waals surface area contributed by atoms with Crippen LogP contribution in [0.15, 0.2) is 0 Å². The summed E-state index contributed by atoms with van der Waals surface area (Å²) in [6.45, 7) is 3.24. The van der Waals surface area contributed by atoms with E-state index >= 15 is 0 Å². The maximum atomic E-state index is 12.3. The molecular formula is C14H26N2O2. The Morgan fingerprint density at radius 2 is 2.06 bits per heavy atom. The van der Waals surface area contributed by atoms with E-state index in [1.165, 1.54) is 12.8 Å². The van der Waals surface area contributed by atoms with Gasteiger partial charge in [-0.1, -0.05) is 0 Å². The van der Waals surface area contributed by atoms with Crippen molar-refractivity contribution in [2.75, 3.05) is 33.3 Å². The number of nitrogens with one attached hydrogen (secondary N) is 1. The molecular weight excluding hydrogens is 228 g/mol. The lowest BCUT2D eigenvalue weighted by Crippen LogP contribution is -2.35. The fourth-order valence-corrected chi connectivity index (χ4v) is 3.19. The minimum absolute atomic E-state index is 0.260. The van der Waals surface area contributed by atoms with E-state index < -0.39 is 0 Å². The van der Waals surface area contributed by atoms with Crippen molar-refractivity contribution < 1.29 is 9.90 Å². The van der Waals surface area contributed by atoms with E-state index in [0.29, 0.717) is 17.2 Å². The van der Waals surface area contributed by atoms with Crippen molar-refractivity contribution in [2.24, 2.45) is 11.3 Å². The van der Waals surface area contributed by atoms with E-state index in [9.17, 15) is 4.79 Å². The monoisotopic (exact) mass is 254 g/mol. The Hall–Kier alpha value is -0.610. The molecule has 1 aliphatic heterocycles. The van der Waals surface area contributed by atoms with Crippen LogP contribution in [-0.4, -0.2) is 49.2 Å². The van der Waals surface area contributed by atoms with Gasteiger partial charge < -0.3 is 15.3 Å². The first-order chi connectivity index (χ1) is 8.69. The van der Waals surface area contributed by atoms with Crippen molar-refractivity contribution in [1.82, 2.24) is 10.2 Å². The third-order valence-corrected chi connectivity index (χ3v) is 4.62. The van der Waals surface area contributed by atoms with Crippen molar-refractivity contribution in [3.05, 3.63) is 0 Å². The Balaban J connectivity index is 1.71. The zero-order chi connectivity index (χ0) is 13.0. The van der Waals surface area contributed by atoms with Crippen LogP contribution >= 0.6 is 0 Å². The maximum Gasteiger partial charge on any atom is 0.226 e. The summed E-state index contributed by atoms with van der Waals surface area (Å²) in [6, 6.07) is 0. The Labute approximate surface area is 110 Å². The summed E-state index contributed by atoms with van der Waals surface area (Å²) in [5.41, 5.74) is 0.349. The number of hydrogen-bond donors (Lipinski definition) is 2. The highest BCUT2D eigenvalue weighted by atomic mass is 16.2. The molecule has 1 spiro atoms. The van der Waals surface area contributed by atoms with Gasteiger partial charge in [-0.2, -0.15) is 0 Å². The number of aliphatic hydroxyl groups is 1. The number of nitrogens with zero attached hydrogens (tertiary/aromatic N) is 1. The summed E-state index contributed by atoms with van der Waals surface area (Å²) in [5.74, 6) is 0.642. The molecule has 0 aromatic heterocycles. The van der Waals surface area contributed by atoms with Gasteiger partial charge in [0.1, 0.15) is 0 Å². The van der Waals surface area contributed by atoms with Crippen molar-refractivity contribution in [3.63, 3.8) is 0 Å². The third-order valence-electron chi connectivity index (χ3n) is 4.62. The molecule has 0 radical (unpaired) electrons. The van der Waals surface area contributed by atoms with Crippen LogP contribution in [0.1, 0.15) is 38.5 Å². The third kappa shape index (κ3) is 3.04. The number of carbonyl (C=O) groups is 1. The second kappa shape index (κ2) is 6.02. The molecule has 1 saturated heterocycles. The first-order valence-corrected chi connectivity index (χ1v) is 7.26. The quantitative estimate of drug-likeness (QED) is 0.695. The van der Waals surface area contributed by atoms with Crippen LogP contribution in [0, 0.1) is 11.3 Å². The summed E-state index contributed by atoms with van der Waals surface area (Å²) in [7, 11) is 1.92. The Kier molecular flexibility index (Phi) is 4.62. The number of hydrogen-bond acceptors (Lipinski definition) is 3. The minimum atomic E-state index is 0.260. The number of piperidine rings is 1. The normalized spacial score (nSPS) is 25.1. The first-order valence-electron chi connectivity index (χ1n) is 7.26. The number of rotatable bonds is 6. The van der Waals surface area contributed by atoms with E-state index in [1.54, 1.807) is 0 Å². The van der Waals surface area contributed by atoms with Gasteiger partial charge in [0.25, 0.3) is 0 Å². The molecule has 0 aromatic rings. The molecule has 1 atom stereocenters. The predicted molar refractivity (Wildman–Crippen MR) is 71.2 cm³/mol. The fraction of sp³-hybridized carbons (Fsp3) is 0.929. The summed E-state index contributed by atoms with van der Waals surface area (Å²) in [4.78, 5) is 14.2. The van der Waals surface area contributed by atoms with Crippen LogP contribution in [0.4, 0.5) is 0 Å². The maximum absolute atomic E-state index is 12.3. The molecule has 0 bridgehead atoms. The van der Waals surface area contributed by atoms with Gasteiger partial charge in [-0.05, 0) is 57.0 Å². The van der Waals surface area contributed by atoms with Gasteiger partial charge in [0, 0.05) is 26.1 Å². The molecule has 4 nitrogen and oxygen atoms in total. The van der Waals surface area contributed by atoms with Crippen LogP contribution in [0.3, 0.4) is 0 Å². The molecule has 1 heterocycles. The molecule has 1 amide bonds. The Bertz CT molecular complexity index is 288. The Morgan fingerprint density at radius 1 is 1.33 bits per heavy atom. The van der Waals surface area contributed by atoms with Crippen LogP contribution in [0.5, 0.6) is 0 Å². The number of unbranched alkanes of at least 4 members (excludes halogenated alkanes) is 2. The van der Waals surface area contributed by atoms with Crippen LogP contribution < -0.4 is 5.32 Å². The molecule has 1 saturated carbocycles. The summed E-state index contributed by atoms with van der Waals surface area (Å²) >= 11 is 0. The van der Waals surface area contributed by atoms with Crippen molar-refractivity contribution >= 4 is 5.91 Å². The second-order valence-electron chi connectivity index (χ2n) is 5.91. The molecule has 18 heavy (non-hydrogen) atoms. The second-order valence-corrected chi connectivity index (χ2v) is 5.91. The smallest absolute Gasteiger partial charge is 0.226 e. The average Bonchev–Trinajstić information content (AvgIpc) is 3.08. The highest BCUT2D eigenvalue weighted by Gasteiger charge is 2.58. The summed E-state index contributed by atoms with van der Waals surface area (Å²) in [5, 5.41) is 12.1. The SMILES string of the molecule is CN(CCCCCO)C(=O)C1CC12CCNCC2. The topological polar surface area (TPSA) is 52.6 Å². The van der Waals surface area contributed by atoms with Crippen LogP contribution in [0.25, 0.3) is 0 Å². The van der Waals surface area contributed by atoms with Crippen molar-refractivity contribution in [2.45, 2.75) is 38.5 Å². The van der Waals surface area contributed by atoms with Crippen molar-refractivity contribution in [1.29, 1.82) is 0 Å². The standard InChI is InChI=1S/C14H26N2O2/c1-16(9-3-2-4-10-17)13(18)12-11-14(12)5-7-15-8-6-14/h12,15,17H,2-11H2,1H3. The molecule has 104 valence electrons. The molecule has 1 unspecified atom stereocenters. The lowest BCUT2D eigenvalue weighted by molar-refractivity contribution is -0.132. The average molecular weight is 254 g/mol. The molecule has 2 aliphatic rings. The number of aliphatic hydroxyl groups excluding tert-OH is 1. The minimum Gasteiger partial charge on any atom is -0.396 e. The van der Waals surface area contributed by atoms with Gasteiger partial charge in [0.05, 0.1) is 0 Å². The number of amides is 1. The highest BCUT2D eigenvalue weighted by molar-refractivity contribution is 5.82. The first kappa shape index (κ1) is 13.8. The van der Waals surface area contributed by atoms with E-state index in [2.05, 4.69) is 5.32 Å². The van der Waals surface area contributed by atoms with E-state index in [1.807, 2.05) is 11.9 Å². The van der Waals surface area contributed by atoms with Gasteiger partial charge in [0.2, 0.25) is 5.91 Å². The van der Waals surface area contributed by atoms with Crippen molar-refractivity contribution in [3.8, 4) is 0 Å². The highest BCUT2D eigenvalue weighted by Crippen LogP contribution is 2.59. The summed E-state index contributed by atoms with van der Waals surface area (Å²) < 4.78 is 0. The molecule has 2 rings (SSSR count). The van der Waals surface area contributed by atoms with Gasteiger partial charge in [-0.3, -0.25) is 4.79 Å². The van der Waals surface area contributed by atoms with E-state index in [0.717, 1.165) is 45.3 Å². The lowest BCUT2D eigenvalue weighted by atomic mass is 9.91. The van der Waals surface area contributed by atoms with Gasteiger partial charge >= 0.3 is 0 Å². The Morgan fingerprint density at radius 3 is 2.72 bits per heavy atom. The largest absolute Gasteiger partial charge is 0.396 e. The van der Waals surface area contributed by atoms with Gasteiger partial charge in [0.15, 0.2) is 0 Å².